The molecule has 1 aliphatic carbocycles. The molecule has 11 heteroatoms. The Morgan fingerprint density at radius 2 is 1.97 bits per heavy atom. The molecule has 0 radical (unpaired) electrons. The van der Waals surface area contributed by atoms with Crippen LogP contribution in [-0.2, 0) is 5.75 Å². The molecule has 4 rings (SSSR count). The number of urea groups is 1. The van der Waals surface area contributed by atoms with Crippen molar-refractivity contribution in [2.75, 3.05) is 10.6 Å². The molecule has 1 fully saturated rings. The Morgan fingerprint density at radius 3 is 2.70 bits per heavy atom. The highest BCUT2D eigenvalue weighted by Gasteiger charge is 2.26. The van der Waals surface area contributed by atoms with Crippen LogP contribution in [-0.4, -0.2) is 37.8 Å². The number of benzene rings is 1. The number of Topliss-reactive ketones (excluding diaryl/α,β-unsaturated/α-hetero) is 1. The van der Waals surface area contributed by atoms with Crippen molar-refractivity contribution < 1.29 is 19.5 Å². The van der Waals surface area contributed by atoms with E-state index in [9.17, 15) is 14.4 Å². The van der Waals surface area contributed by atoms with Crippen LogP contribution in [0.3, 0.4) is 0 Å². The number of carboxylic acids is 1. The third kappa shape index (κ3) is 5.79. The average molecular weight is 486 g/mol. The first-order chi connectivity index (χ1) is 15.9. The van der Waals surface area contributed by atoms with E-state index in [2.05, 4.69) is 25.6 Å². The van der Waals surface area contributed by atoms with E-state index < -0.39 is 12.0 Å². The number of amides is 2. The third-order valence-corrected chi connectivity index (χ3v) is 7.35. The Kier molecular flexibility index (Phi) is 7.09. The van der Waals surface area contributed by atoms with Crippen molar-refractivity contribution in [1.29, 1.82) is 0 Å². The predicted molar refractivity (Wildman–Crippen MR) is 127 cm³/mol. The van der Waals surface area contributed by atoms with Gasteiger partial charge in [-0.05, 0) is 31.9 Å². The summed E-state index contributed by atoms with van der Waals surface area (Å²) >= 11 is 2.65. The fourth-order valence-electron chi connectivity index (χ4n) is 3.69. The van der Waals surface area contributed by atoms with Gasteiger partial charge in [0, 0.05) is 28.3 Å². The first-order valence-electron chi connectivity index (χ1n) is 10.5. The number of aryl methyl sites for hydroxylation is 1. The van der Waals surface area contributed by atoms with Crippen molar-refractivity contribution in [1.82, 2.24) is 15.0 Å². The van der Waals surface area contributed by atoms with Gasteiger partial charge in [0.25, 0.3) is 0 Å². The average Bonchev–Trinajstić information content (AvgIpc) is 3.55. The largest absolute Gasteiger partial charge is 0.477 e. The highest BCUT2D eigenvalue weighted by atomic mass is 32.2. The minimum atomic E-state index is -1.06. The Bertz CT molecular complexity index is 1180. The number of thiazole rings is 1. The van der Waals surface area contributed by atoms with Crippen LogP contribution in [0.4, 0.5) is 15.6 Å². The number of carbonyl (C=O) groups is 3. The van der Waals surface area contributed by atoms with E-state index in [0.29, 0.717) is 27.3 Å². The van der Waals surface area contributed by atoms with Crippen LogP contribution in [0.5, 0.6) is 0 Å². The summed E-state index contributed by atoms with van der Waals surface area (Å²) in [7, 11) is 0. The summed E-state index contributed by atoms with van der Waals surface area (Å²) in [6.07, 6.45) is 6.84. The molecule has 1 aromatic carbocycles. The van der Waals surface area contributed by atoms with Gasteiger partial charge in [-0.25, -0.2) is 19.6 Å². The second kappa shape index (κ2) is 10.2. The summed E-state index contributed by atoms with van der Waals surface area (Å²) in [5, 5.41) is 15.4. The number of rotatable bonds is 8. The van der Waals surface area contributed by atoms with Gasteiger partial charge < -0.3 is 15.4 Å². The lowest BCUT2D eigenvalue weighted by Crippen LogP contribution is -2.22. The lowest BCUT2D eigenvalue weighted by atomic mass is 9.94. The van der Waals surface area contributed by atoms with Gasteiger partial charge in [0.15, 0.2) is 16.1 Å². The van der Waals surface area contributed by atoms with E-state index in [-0.39, 0.29) is 17.4 Å². The standard InChI is InChI=1S/C22H23N5O4S2/c1-12-6-7-16(15(8-12)18(28)13-4-2-3-5-13)25-20(31)27-22-23-9-14(33-22)11-32-21-24-10-17(26-21)19(29)30/h6-10,13H,2-5,11H2,1H3,(H,24,26)(H,29,30)(H2,23,25,27,31). The van der Waals surface area contributed by atoms with Crippen molar-refractivity contribution in [3.63, 3.8) is 0 Å². The number of carboxylic acid groups (broad SMARTS) is 1. The number of nitrogens with one attached hydrogen (secondary N) is 3. The van der Waals surface area contributed by atoms with Crippen molar-refractivity contribution in [2.45, 2.75) is 43.5 Å². The number of anilines is 2. The molecule has 1 saturated carbocycles. The third-order valence-electron chi connectivity index (χ3n) is 5.32. The summed E-state index contributed by atoms with van der Waals surface area (Å²) in [5.74, 6) is -0.434. The minimum Gasteiger partial charge on any atom is -0.477 e. The van der Waals surface area contributed by atoms with E-state index in [1.807, 2.05) is 19.1 Å². The topological polar surface area (TPSA) is 137 Å². The maximum atomic E-state index is 13.0. The van der Waals surface area contributed by atoms with Crippen molar-refractivity contribution in [3.05, 3.63) is 52.3 Å². The molecule has 0 saturated heterocycles. The van der Waals surface area contributed by atoms with E-state index in [0.717, 1.165) is 36.1 Å². The SMILES string of the molecule is Cc1ccc(NC(=O)Nc2ncc(CSc3ncc(C(=O)O)[nH]3)s2)c(C(=O)C2CCCC2)c1. The lowest BCUT2D eigenvalue weighted by molar-refractivity contribution is 0.0690. The smallest absolute Gasteiger partial charge is 0.353 e. The van der Waals surface area contributed by atoms with Gasteiger partial charge in [-0.15, -0.1) is 11.3 Å². The van der Waals surface area contributed by atoms with Crippen LogP contribution in [0, 0.1) is 12.8 Å². The van der Waals surface area contributed by atoms with Crippen LogP contribution in [0.15, 0.2) is 35.7 Å². The molecule has 4 N–H and O–H groups in total. The zero-order valence-electron chi connectivity index (χ0n) is 17.9. The molecule has 0 aliphatic heterocycles. The molecule has 0 atom stereocenters. The quantitative estimate of drug-likeness (QED) is 0.255. The summed E-state index contributed by atoms with van der Waals surface area (Å²) in [6.45, 7) is 1.93. The number of aromatic amines is 1. The monoisotopic (exact) mass is 485 g/mol. The van der Waals surface area contributed by atoms with Gasteiger partial charge in [0.05, 0.1) is 11.9 Å². The number of thioether (sulfide) groups is 1. The van der Waals surface area contributed by atoms with Crippen LogP contribution >= 0.6 is 23.1 Å². The molecule has 1 aliphatic rings. The van der Waals surface area contributed by atoms with Crippen LogP contribution in [0.1, 0.15) is 57.0 Å². The van der Waals surface area contributed by atoms with Crippen molar-refractivity contribution in [3.8, 4) is 0 Å². The number of aromatic carboxylic acids is 1. The minimum absolute atomic E-state index is 0.0233. The van der Waals surface area contributed by atoms with Crippen molar-refractivity contribution in [2.24, 2.45) is 5.92 Å². The molecule has 9 nitrogen and oxygen atoms in total. The predicted octanol–water partition coefficient (Wildman–Crippen LogP) is 5.18. The van der Waals surface area contributed by atoms with Gasteiger partial charge in [-0.3, -0.25) is 10.1 Å². The number of hydrogen-bond acceptors (Lipinski definition) is 7. The van der Waals surface area contributed by atoms with Crippen molar-refractivity contribution >= 4 is 51.7 Å². The van der Waals surface area contributed by atoms with Crippen LogP contribution < -0.4 is 10.6 Å². The first-order valence-corrected chi connectivity index (χ1v) is 12.3. The van der Waals surface area contributed by atoms with Gasteiger partial charge in [-0.2, -0.15) is 0 Å². The highest BCUT2D eigenvalue weighted by Crippen LogP contribution is 2.31. The first kappa shape index (κ1) is 23.0. The maximum Gasteiger partial charge on any atom is 0.353 e. The van der Waals surface area contributed by atoms with Crippen LogP contribution in [0.25, 0.3) is 0 Å². The molecule has 172 valence electrons. The number of hydrogen-bond donors (Lipinski definition) is 4. The maximum absolute atomic E-state index is 13.0. The van der Waals surface area contributed by atoms with Gasteiger partial charge in [-0.1, -0.05) is 36.2 Å². The lowest BCUT2D eigenvalue weighted by Gasteiger charge is -2.14. The zero-order chi connectivity index (χ0) is 23.4. The fraction of sp³-hybridized carbons (Fsp3) is 0.318. The van der Waals surface area contributed by atoms with E-state index in [1.165, 1.54) is 29.3 Å². The molecule has 0 bridgehead atoms. The van der Waals surface area contributed by atoms with Crippen LogP contribution in [0.2, 0.25) is 0 Å². The normalized spacial score (nSPS) is 13.7. The molecule has 2 heterocycles. The zero-order valence-corrected chi connectivity index (χ0v) is 19.5. The van der Waals surface area contributed by atoms with Gasteiger partial charge >= 0.3 is 12.0 Å². The van der Waals surface area contributed by atoms with E-state index in [1.54, 1.807) is 12.3 Å². The Labute approximate surface area is 198 Å². The Balaban J connectivity index is 1.36. The van der Waals surface area contributed by atoms with Gasteiger partial charge in [0.2, 0.25) is 0 Å². The second-order valence-corrected chi connectivity index (χ2v) is 9.88. The Hall–Kier alpha value is -3.18. The van der Waals surface area contributed by atoms with E-state index in [4.69, 9.17) is 5.11 Å². The number of ketones is 1. The molecule has 33 heavy (non-hydrogen) atoms. The number of imidazole rings is 1. The number of carbonyl (C=O) groups excluding carboxylic acids is 2. The number of H-pyrrole nitrogens is 1. The van der Waals surface area contributed by atoms with Gasteiger partial charge in [0.1, 0.15) is 5.69 Å². The highest BCUT2D eigenvalue weighted by molar-refractivity contribution is 7.98. The second-order valence-electron chi connectivity index (χ2n) is 7.80. The molecule has 2 amide bonds. The number of aromatic nitrogens is 3. The molecule has 2 aromatic heterocycles. The summed E-state index contributed by atoms with van der Waals surface area (Å²) in [5.41, 5.74) is 2.04. The number of nitrogens with zero attached hydrogens (tertiary/aromatic N) is 2. The molecular formula is C22H23N5O4S2. The Morgan fingerprint density at radius 1 is 1.18 bits per heavy atom. The van der Waals surface area contributed by atoms with E-state index >= 15 is 0 Å². The molecular weight excluding hydrogens is 462 g/mol. The molecule has 0 spiro atoms. The molecule has 0 unspecified atom stereocenters. The summed E-state index contributed by atoms with van der Waals surface area (Å²) < 4.78 is 0. The fourth-order valence-corrected chi connectivity index (χ4v) is 5.36. The summed E-state index contributed by atoms with van der Waals surface area (Å²) in [6, 6.07) is 4.99. The summed E-state index contributed by atoms with van der Waals surface area (Å²) in [4.78, 5) is 48.3. The molecule has 3 aromatic rings.